The third kappa shape index (κ3) is 5.45. The summed E-state index contributed by atoms with van der Waals surface area (Å²) in [6.45, 7) is 0. The largest absolute Gasteiger partial charge is 0.497 e. The Bertz CT molecular complexity index is 1460. The van der Waals surface area contributed by atoms with Gasteiger partial charge in [0.1, 0.15) is 17.0 Å². The van der Waals surface area contributed by atoms with E-state index in [-0.39, 0.29) is 5.78 Å². The molecule has 0 spiro atoms. The molecule has 5 nitrogen and oxygen atoms in total. The Morgan fingerprint density at radius 3 is 1.75 bits per heavy atom. The molecule has 5 heteroatoms. The van der Waals surface area contributed by atoms with Crippen LogP contribution in [0.2, 0.25) is 0 Å². The van der Waals surface area contributed by atoms with Crippen molar-refractivity contribution in [1.29, 1.82) is 0 Å². The number of carbonyl (C=O) groups is 1. The van der Waals surface area contributed by atoms with Crippen molar-refractivity contribution < 1.29 is 14.3 Å². The number of benzene rings is 4. The number of aryl methyl sites for hydroxylation is 1. The SMILES string of the molecule is COc1cc(OC)cc(C(=O)C=CCCc2cn(C(c3ccccc3)(c3ccccc3)c3ccccc3)cn2)c1. The molecule has 5 rings (SSSR count). The summed E-state index contributed by atoms with van der Waals surface area (Å²) in [5.41, 5.74) is 4.33. The Hall–Kier alpha value is -4.90. The van der Waals surface area contributed by atoms with Crippen molar-refractivity contribution in [2.24, 2.45) is 0 Å². The molecule has 0 amide bonds. The molecule has 40 heavy (non-hydrogen) atoms. The van der Waals surface area contributed by atoms with E-state index in [1.165, 1.54) is 0 Å². The highest BCUT2D eigenvalue weighted by Gasteiger charge is 2.38. The Morgan fingerprint density at radius 1 is 0.775 bits per heavy atom. The average molecular weight is 529 g/mol. The van der Waals surface area contributed by atoms with Crippen LogP contribution >= 0.6 is 0 Å². The van der Waals surface area contributed by atoms with Crippen LogP contribution in [0.15, 0.2) is 134 Å². The number of methoxy groups -OCH3 is 2. The lowest BCUT2D eigenvalue weighted by Crippen LogP contribution is -2.36. The van der Waals surface area contributed by atoms with Gasteiger partial charge in [-0.1, -0.05) is 97.1 Å². The topological polar surface area (TPSA) is 53.4 Å². The number of rotatable bonds is 11. The van der Waals surface area contributed by atoms with E-state index in [1.54, 1.807) is 38.5 Å². The molecule has 0 aliphatic carbocycles. The molecule has 0 fully saturated rings. The summed E-state index contributed by atoms with van der Waals surface area (Å²) in [4.78, 5) is 17.6. The van der Waals surface area contributed by atoms with E-state index in [9.17, 15) is 4.79 Å². The monoisotopic (exact) mass is 528 g/mol. The molecule has 0 saturated carbocycles. The quantitative estimate of drug-likeness (QED) is 0.104. The molecule has 5 aromatic rings. The van der Waals surface area contributed by atoms with Crippen LogP contribution in [0, 0.1) is 0 Å². The predicted molar refractivity (Wildman–Crippen MR) is 158 cm³/mol. The molecule has 0 N–H and O–H groups in total. The maximum atomic E-state index is 12.8. The Balaban J connectivity index is 1.43. The highest BCUT2D eigenvalue weighted by atomic mass is 16.5. The molecule has 0 aliphatic heterocycles. The highest BCUT2D eigenvalue weighted by Crippen LogP contribution is 2.40. The minimum atomic E-state index is -0.591. The predicted octanol–water partition coefficient (Wildman–Crippen LogP) is 7.11. The number of aromatic nitrogens is 2. The molecule has 4 aromatic carbocycles. The van der Waals surface area contributed by atoms with E-state index < -0.39 is 5.54 Å². The van der Waals surface area contributed by atoms with Gasteiger partial charge in [-0.3, -0.25) is 4.79 Å². The van der Waals surface area contributed by atoms with E-state index in [0.717, 1.165) is 22.4 Å². The second kappa shape index (κ2) is 12.3. The molecule has 200 valence electrons. The van der Waals surface area contributed by atoms with Gasteiger partial charge in [0.05, 0.1) is 26.2 Å². The summed E-state index contributed by atoms with van der Waals surface area (Å²) in [7, 11) is 3.14. The van der Waals surface area contributed by atoms with Gasteiger partial charge in [-0.2, -0.15) is 0 Å². The third-order valence-corrected chi connectivity index (χ3v) is 7.07. The maximum absolute atomic E-state index is 12.8. The first kappa shape index (κ1) is 26.7. The van der Waals surface area contributed by atoms with Crippen LogP contribution < -0.4 is 9.47 Å². The first-order chi connectivity index (χ1) is 19.6. The number of carbonyl (C=O) groups excluding carboxylic acids is 1. The summed E-state index contributed by atoms with van der Waals surface area (Å²) < 4.78 is 12.8. The highest BCUT2D eigenvalue weighted by molar-refractivity contribution is 6.05. The molecule has 0 unspecified atom stereocenters. The lowest BCUT2D eigenvalue weighted by atomic mass is 9.77. The van der Waals surface area contributed by atoms with Crippen molar-refractivity contribution >= 4 is 5.78 Å². The molecule has 1 heterocycles. The minimum Gasteiger partial charge on any atom is -0.497 e. The van der Waals surface area contributed by atoms with Crippen molar-refractivity contribution in [2.75, 3.05) is 14.2 Å². The van der Waals surface area contributed by atoms with Crippen molar-refractivity contribution in [1.82, 2.24) is 9.55 Å². The Morgan fingerprint density at radius 2 is 1.27 bits per heavy atom. The fourth-order valence-corrected chi connectivity index (χ4v) is 5.13. The lowest BCUT2D eigenvalue weighted by Gasteiger charge is -2.37. The average Bonchev–Trinajstić information content (AvgIpc) is 3.50. The molecule has 0 radical (unpaired) electrons. The number of hydrogen-bond donors (Lipinski definition) is 0. The summed E-state index contributed by atoms with van der Waals surface area (Å²) in [6, 6.07) is 36.8. The molecular weight excluding hydrogens is 496 g/mol. The first-order valence-electron chi connectivity index (χ1n) is 13.3. The van der Waals surface area contributed by atoms with Gasteiger partial charge in [-0.25, -0.2) is 4.98 Å². The van der Waals surface area contributed by atoms with Gasteiger partial charge in [0.25, 0.3) is 0 Å². The minimum absolute atomic E-state index is 0.0982. The van der Waals surface area contributed by atoms with Gasteiger partial charge < -0.3 is 14.0 Å². The summed E-state index contributed by atoms with van der Waals surface area (Å²) >= 11 is 0. The molecule has 0 bridgehead atoms. The van der Waals surface area contributed by atoms with Gasteiger partial charge in [0.15, 0.2) is 5.78 Å². The van der Waals surface area contributed by atoms with Crippen LogP contribution in [-0.2, 0) is 12.0 Å². The van der Waals surface area contributed by atoms with E-state index in [0.29, 0.717) is 29.9 Å². The molecule has 0 saturated heterocycles. The zero-order chi connectivity index (χ0) is 27.8. The van der Waals surface area contributed by atoms with Crippen LogP contribution in [0.25, 0.3) is 0 Å². The van der Waals surface area contributed by atoms with Crippen molar-refractivity contribution in [3.63, 3.8) is 0 Å². The van der Waals surface area contributed by atoms with Crippen molar-refractivity contribution in [3.8, 4) is 11.5 Å². The van der Waals surface area contributed by atoms with Gasteiger partial charge in [0.2, 0.25) is 0 Å². The third-order valence-electron chi connectivity index (χ3n) is 7.07. The standard InChI is InChI=1S/C35H32N2O3/c1-39-32-22-27(23-33(24-32)40-2)34(38)21-13-12-20-31-25-37(26-36-31)35(28-14-6-3-7-15-28,29-16-8-4-9-17-29)30-18-10-5-11-19-30/h3-11,13-19,21-26H,12,20H2,1-2H3. The van der Waals surface area contributed by atoms with Crippen LogP contribution in [-0.4, -0.2) is 29.6 Å². The van der Waals surface area contributed by atoms with E-state index in [1.807, 2.05) is 30.6 Å². The number of imidazole rings is 1. The fraction of sp³-hybridized carbons (Fsp3) is 0.143. The second-order valence-electron chi connectivity index (χ2n) is 9.49. The van der Waals surface area contributed by atoms with Crippen LogP contribution in [0.3, 0.4) is 0 Å². The first-order valence-corrected chi connectivity index (χ1v) is 13.3. The van der Waals surface area contributed by atoms with Crippen LogP contribution in [0.4, 0.5) is 0 Å². The number of nitrogens with zero attached hydrogens (tertiary/aromatic N) is 2. The molecule has 1 aromatic heterocycles. The molecule has 0 aliphatic rings. The van der Waals surface area contributed by atoms with Crippen LogP contribution in [0.1, 0.15) is 39.2 Å². The maximum Gasteiger partial charge on any atom is 0.185 e. The van der Waals surface area contributed by atoms with Gasteiger partial charge in [-0.15, -0.1) is 0 Å². The summed E-state index contributed by atoms with van der Waals surface area (Å²) in [5.74, 6) is 1.07. The fourth-order valence-electron chi connectivity index (χ4n) is 5.13. The zero-order valence-corrected chi connectivity index (χ0v) is 22.7. The normalized spacial score (nSPS) is 11.4. The number of ether oxygens (including phenoxy) is 2. The summed E-state index contributed by atoms with van der Waals surface area (Å²) in [6.07, 6.45) is 8.92. The van der Waals surface area contributed by atoms with Crippen molar-refractivity contribution in [2.45, 2.75) is 18.4 Å². The van der Waals surface area contributed by atoms with E-state index in [4.69, 9.17) is 14.5 Å². The van der Waals surface area contributed by atoms with Gasteiger partial charge in [0, 0.05) is 17.8 Å². The van der Waals surface area contributed by atoms with Gasteiger partial charge in [-0.05, 0) is 47.7 Å². The smallest absolute Gasteiger partial charge is 0.185 e. The number of allylic oxidation sites excluding steroid dienone is 2. The van der Waals surface area contributed by atoms with Crippen LogP contribution in [0.5, 0.6) is 11.5 Å². The van der Waals surface area contributed by atoms with Crippen molar-refractivity contribution in [3.05, 3.63) is 162 Å². The zero-order valence-electron chi connectivity index (χ0n) is 22.7. The summed E-state index contributed by atoms with van der Waals surface area (Å²) in [5, 5.41) is 0. The molecular formula is C35H32N2O3. The second-order valence-corrected chi connectivity index (χ2v) is 9.49. The van der Waals surface area contributed by atoms with Gasteiger partial charge >= 0.3 is 0 Å². The van der Waals surface area contributed by atoms with E-state index >= 15 is 0 Å². The van der Waals surface area contributed by atoms with E-state index in [2.05, 4.69) is 83.6 Å². The molecule has 0 atom stereocenters. The number of hydrogen-bond acceptors (Lipinski definition) is 4. The lowest BCUT2D eigenvalue weighted by molar-refractivity contribution is 0.104. The Kier molecular flexibility index (Phi) is 8.21. The number of ketones is 1. The Labute approximate surface area is 235 Å².